The van der Waals surface area contributed by atoms with E-state index < -0.39 is 0 Å². The molecule has 96 valence electrons. The first kappa shape index (κ1) is 12.3. The van der Waals surface area contributed by atoms with E-state index in [-0.39, 0.29) is 0 Å². The van der Waals surface area contributed by atoms with Gasteiger partial charge in [0.25, 0.3) is 0 Å². The standard InChI is InChI=1S/C11H22N6/c1-17-11(14-15-16-17)13-9-8-12-10-6-4-2-3-5-7-10/h10,12H,2-9H2,1H3,(H,13,14,16). The summed E-state index contributed by atoms with van der Waals surface area (Å²) in [4.78, 5) is 0. The molecule has 1 aliphatic carbocycles. The molecule has 0 saturated heterocycles. The van der Waals surface area contributed by atoms with Crippen LogP contribution >= 0.6 is 0 Å². The van der Waals surface area contributed by atoms with E-state index in [0.29, 0.717) is 6.04 Å². The summed E-state index contributed by atoms with van der Waals surface area (Å²) >= 11 is 0. The van der Waals surface area contributed by atoms with Crippen molar-refractivity contribution in [1.29, 1.82) is 0 Å². The average Bonchev–Trinajstić information content (AvgIpc) is 2.60. The normalized spacial score (nSPS) is 17.9. The molecule has 1 saturated carbocycles. The van der Waals surface area contributed by atoms with E-state index in [1.165, 1.54) is 38.5 Å². The van der Waals surface area contributed by atoms with E-state index in [0.717, 1.165) is 19.0 Å². The maximum atomic E-state index is 3.88. The lowest BCUT2D eigenvalue weighted by molar-refractivity contribution is 0.468. The van der Waals surface area contributed by atoms with Crippen molar-refractivity contribution in [2.75, 3.05) is 18.4 Å². The molecular formula is C11H22N6. The Kier molecular flexibility index (Phi) is 4.73. The SMILES string of the molecule is Cn1nnnc1NCCNC1CCCCCC1. The highest BCUT2D eigenvalue weighted by Crippen LogP contribution is 2.16. The van der Waals surface area contributed by atoms with Crippen molar-refractivity contribution in [2.24, 2.45) is 7.05 Å². The second kappa shape index (κ2) is 6.54. The Morgan fingerprint density at radius 1 is 1.18 bits per heavy atom. The molecular weight excluding hydrogens is 216 g/mol. The number of aromatic nitrogens is 4. The van der Waals surface area contributed by atoms with Crippen LogP contribution in [0, 0.1) is 0 Å². The topological polar surface area (TPSA) is 67.7 Å². The number of aryl methyl sites for hydroxylation is 1. The number of anilines is 1. The zero-order valence-corrected chi connectivity index (χ0v) is 10.5. The first-order valence-electron chi connectivity index (χ1n) is 6.56. The number of nitrogens with one attached hydrogen (secondary N) is 2. The van der Waals surface area contributed by atoms with Crippen LogP contribution in [0.2, 0.25) is 0 Å². The predicted octanol–water partition coefficient (Wildman–Crippen LogP) is 0.934. The highest BCUT2D eigenvalue weighted by molar-refractivity contribution is 5.20. The van der Waals surface area contributed by atoms with E-state index in [1.807, 2.05) is 7.05 Å². The molecule has 0 amide bonds. The molecule has 1 fully saturated rings. The molecule has 0 bridgehead atoms. The third-order valence-electron chi connectivity index (χ3n) is 3.32. The molecule has 6 heteroatoms. The number of hydrogen-bond acceptors (Lipinski definition) is 5. The van der Waals surface area contributed by atoms with Gasteiger partial charge in [-0.1, -0.05) is 30.8 Å². The van der Waals surface area contributed by atoms with Crippen molar-refractivity contribution in [3.63, 3.8) is 0 Å². The van der Waals surface area contributed by atoms with Crippen molar-refractivity contribution in [1.82, 2.24) is 25.5 Å². The van der Waals surface area contributed by atoms with Crippen molar-refractivity contribution in [3.8, 4) is 0 Å². The largest absolute Gasteiger partial charge is 0.352 e. The molecule has 0 atom stereocenters. The maximum Gasteiger partial charge on any atom is 0.242 e. The molecule has 0 spiro atoms. The minimum absolute atomic E-state index is 0.705. The molecule has 1 aromatic rings. The fraction of sp³-hybridized carbons (Fsp3) is 0.909. The Morgan fingerprint density at radius 3 is 2.59 bits per heavy atom. The van der Waals surface area contributed by atoms with E-state index in [4.69, 9.17) is 0 Å². The summed E-state index contributed by atoms with van der Waals surface area (Å²) in [6.07, 6.45) is 8.20. The molecule has 0 aromatic carbocycles. The van der Waals surface area contributed by atoms with Crippen molar-refractivity contribution in [3.05, 3.63) is 0 Å². The summed E-state index contributed by atoms with van der Waals surface area (Å²) in [6.45, 7) is 1.84. The second-order valence-electron chi connectivity index (χ2n) is 4.70. The quantitative estimate of drug-likeness (QED) is 0.590. The van der Waals surface area contributed by atoms with Gasteiger partial charge in [-0.15, -0.1) is 0 Å². The lowest BCUT2D eigenvalue weighted by atomic mass is 10.1. The predicted molar refractivity (Wildman–Crippen MR) is 66.8 cm³/mol. The first-order chi connectivity index (χ1) is 8.36. The molecule has 0 aliphatic heterocycles. The van der Waals surface area contributed by atoms with Crippen molar-refractivity contribution in [2.45, 2.75) is 44.6 Å². The summed E-state index contributed by atoms with van der Waals surface area (Å²) in [5, 5.41) is 18.0. The Balaban J connectivity index is 1.61. The van der Waals surface area contributed by atoms with Crippen LogP contribution in [-0.4, -0.2) is 39.3 Å². The lowest BCUT2D eigenvalue weighted by Gasteiger charge is -2.16. The van der Waals surface area contributed by atoms with Gasteiger partial charge in [-0.3, -0.25) is 0 Å². The van der Waals surface area contributed by atoms with Gasteiger partial charge in [-0.2, -0.15) is 0 Å². The average molecular weight is 238 g/mol. The van der Waals surface area contributed by atoms with Gasteiger partial charge in [0.2, 0.25) is 5.95 Å². The maximum absolute atomic E-state index is 3.88. The van der Waals surface area contributed by atoms with Crippen LogP contribution in [0.15, 0.2) is 0 Å². The second-order valence-corrected chi connectivity index (χ2v) is 4.70. The minimum Gasteiger partial charge on any atom is -0.352 e. The third kappa shape index (κ3) is 3.96. The summed E-state index contributed by atoms with van der Waals surface area (Å²) in [5.74, 6) is 0.729. The van der Waals surface area contributed by atoms with Gasteiger partial charge in [0.05, 0.1) is 0 Å². The smallest absolute Gasteiger partial charge is 0.242 e. The van der Waals surface area contributed by atoms with Crippen LogP contribution in [0.5, 0.6) is 0 Å². The van der Waals surface area contributed by atoms with E-state index in [1.54, 1.807) is 4.68 Å². The summed E-state index contributed by atoms with van der Waals surface area (Å²) in [6, 6.07) is 0.705. The fourth-order valence-corrected chi connectivity index (χ4v) is 2.31. The van der Waals surface area contributed by atoms with Crippen LogP contribution in [0.1, 0.15) is 38.5 Å². The Morgan fingerprint density at radius 2 is 1.94 bits per heavy atom. The molecule has 1 heterocycles. The van der Waals surface area contributed by atoms with Crippen molar-refractivity contribution < 1.29 is 0 Å². The summed E-state index contributed by atoms with van der Waals surface area (Å²) in [5.41, 5.74) is 0. The molecule has 17 heavy (non-hydrogen) atoms. The molecule has 0 radical (unpaired) electrons. The molecule has 2 N–H and O–H groups in total. The highest BCUT2D eigenvalue weighted by atomic mass is 15.6. The van der Waals surface area contributed by atoms with Gasteiger partial charge < -0.3 is 10.6 Å². The molecule has 2 rings (SSSR count). The van der Waals surface area contributed by atoms with Crippen LogP contribution in [0.4, 0.5) is 5.95 Å². The number of hydrogen-bond donors (Lipinski definition) is 2. The van der Waals surface area contributed by atoms with E-state index in [9.17, 15) is 0 Å². The fourth-order valence-electron chi connectivity index (χ4n) is 2.31. The monoisotopic (exact) mass is 238 g/mol. The van der Waals surface area contributed by atoms with E-state index in [2.05, 4.69) is 26.2 Å². The number of tetrazole rings is 1. The van der Waals surface area contributed by atoms with Gasteiger partial charge in [0.15, 0.2) is 0 Å². The van der Waals surface area contributed by atoms with Gasteiger partial charge in [-0.05, 0) is 23.3 Å². The zero-order chi connectivity index (χ0) is 11.9. The summed E-state index contributed by atoms with van der Waals surface area (Å²) in [7, 11) is 1.83. The zero-order valence-electron chi connectivity index (χ0n) is 10.5. The number of rotatable bonds is 5. The van der Waals surface area contributed by atoms with Gasteiger partial charge in [-0.25, -0.2) is 4.68 Å². The molecule has 6 nitrogen and oxygen atoms in total. The minimum atomic E-state index is 0.705. The lowest BCUT2D eigenvalue weighted by Crippen LogP contribution is -2.32. The van der Waals surface area contributed by atoms with Gasteiger partial charge in [0, 0.05) is 26.2 Å². The molecule has 1 aliphatic rings. The summed E-state index contributed by atoms with van der Waals surface area (Å²) < 4.78 is 1.64. The highest BCUT2D eigenvalue weighted by Gasteiger charge is 2.10. The third-order valence-corrected chi connectivity index (χ3v) is 3.32. The number of nitrogens with zero attached hydrogens (tertiary/aromatic N) is 4. The van der Waals surface area contributed by atoms with Crippen molar-refractivity contribution >= 4 is 5.95 Å². The molecule has 1 aromatic heterocycles. The first-order valence-corrected chi connectivity index (χ1v) is 6.56. The molecule has 0 unspecified atom stereocenters. The van der Waals surface area contributed by atoms with E-state index >= 15 is 0 Å². The Labute approximate surface area is 102 Å². The van der Waals surface area contributed by atoms with Gasteiger partial charge >= 0.3 is 0 Å². The van der Waals surface area contributed by atoms with Crippen LogP contribution < -0.4 is 10.6 Å². The van der Waals surface area contributed by atoms with Gasteiger partial charge in [0.1, 0.15) is 0 Å². The van der Waals surface area contributed by atoms with Crippen LogP contribution in [0.25, 0.3) is 0 Å². The van der Waals surface area contributed by atoms with Crippen LogP contribution in [-0.2, 0) is 7.05 Å². The Bertz CT molecular complexity index is 316. The van der Waals surface area contributed by atoms with Crippen LogP contribution in [0.3, 0.4) is 0 Å². The Hall–Kier alpha value is -1.17.